The van der Waals surface area contributed by atoms with E-state index in [1.807, 2.05) is 18.2 Å². The molecule has 1 aliphatic carbocycles. The van der Waals surface area contributed by atoms with Crippen LogP contribution < -0.4 is 5.73 Å². The van der Waals surface area contributed by atoms with E-state index in [1.165, 1.54) is 5.56 Å². The topological polar surface area (TPSA) is 26.0 Å². The smallest absolute Gasteiger partial charge is 0.0438 e. The van der Waals surface area contributed by atoms with Gasteiger partial charge in [0.2, 0.25) is 0 Å². The minimum absolute atomic E-state index is 0. The van der Waals surface area contributed by atoms with Gasteiger partial charge in [0.15, 0.2) is 0 Å². The summed E-state index contributed by atoms with van der Waals surface area (Å²) in [6.07, 6.45) is 3.20. The first-order valence-electron chi connectivity index (χ1n) is 4.22. The fourth-order valence-corrected chi connectivity index (χ4v) is 1.56. The average molecular weight is 218 g/mol. The maximum absolute atomic E-state index is 6.00. The molecule has 1 aliphatic rings. The lowest BCUT2D eigenvalue weighted by atomic mass is 10.1. The summed E-state index contributed by atoms with van der Waals surface area (Å²) in [5.74, 6) is 0. The van der Waals surface area contributed by atoms with Crippen molar-refractivity contribution in [2.75, 3.05) is 0 Å². The Labute approximate surface area is 89.7 Å². The molecule has 3 heteroatoms. The average Bonchev–Trinajstić information content (AvgIpc) is 2.74. The number of benzene rings is 1. The van der Waals surface area contributed by atoms with Crippen LogP contribution in [0.15, 0.2) is 24.3 Å². The van der Waals surface area contributed by atoms with Crippen molar-refractivity contribution in [2.24, 2.45) is 5.73 Å². The van der Waals surface area contributed by atoms with Crippen LogP contribution in [0.25, 0.3) is 0 Å². The number of hydrogen-bond donors (Lipinski definition) is 1. The van der Waals surface area contributed by atoms with E-state index >= 15 is 0 Å². The van der Waals surface area contributed by atoms with Gasteiger partial charge in [0.05, 0.1) is 0 Å². The SMILES string of the molecule is Cl.NC1(Cc2ccccc2Cl)CC1. The molecule has 0 atom stereocenters. The molecule has 0 heterocycles. The molecule has 2 rings (SSSR count). The molecule has 1 aromatic carbocycles. The summed E-state index contributed by atoms with van der Waals surface area (Å²) < 4.78 is 0. The molecule has 1 aromatic rings. The van der Waals surface area contributed by atoms with Crippen LogP contribution in [0.3, 0.4) is 0 Å². The molecule has 2 N–H and O–H groups in total. The maximum atomic E-state index is 6.00. The largest absolute Gasteiger partial charge is 0.325 e. The zero-order chi connectivity index (χ0) is 8.60. The lowest BCUT2D eigenvalue weighted by Crippen LogP contribution is -2.24. The van der Waals surface area contributed by atoms with Gasteiger partial charge in [0, 0.05) is 10.6 Å². The summed E-state index contributed by atoms with van der Waals surface area (Å²) >= 11 is 6.00. The van der Waals surface area contributed by atoms with Gasteiger partial charge in [0.25, 0.3) is 0 Å². The summed E-state index contributed by atoms with van der Waals surface area (Å²) in [7, 11) is 0. The van der Waals surface area contributed by atoms with Crippen molar-refractivity contribution < 1.29 is 0 Å². The Morgan fingerprint density at radius 2 is 1.92 bits per heavy atom. The minimum atomic E-state index is 0. The summed E-state index contributed by atoms with van der Waals surface area (Å²) in [6, 6.07) is 7.92. The molecule has 0 aliphatic heterocycles. The summed E-state index contributed by atoms with van der Waals surface area (Å²) in [6.45, 7) is 0. The van der Waals surface area contributed by atoms with E-state index < -0.39 is 0 Å². The molecule has 72 valence electrons. The van der Waals surface area contributed by atoms with Crippen LogP contribution in [0.5, 0.6) is 0 Å². The highest BCUT2D eigenvalue weighted by Crippen LogP contribution is 2.36. The lowest BCUT2D eigenvalue weighted by molar-refractivity contribution is 0.672. The van der Waals surface area contributed by atoms with Crippen LogP contribution in [-0.2, 0) is 6.42 Å². The molecule has 13 heavy (non-hydrogen) atoms. The van der Waals surface area contributed by atoms with Crippen molar-refractivity contribution in [3.63, 3.8) is 0 Å². The van der Waals surface area contributed by atoms with Crippen molar-refractivity contribution in [3.05, 3.63) is 34.9 Å². The standard InChI is InChI=1S/C10H12ClN.ClH/c11-9-4-2-1-3-8(9)7-10(12)5-6-10;/h1-4H,5-7,12H2;1H. The highest BCUT2D eigenvalue weighted by atomic mass is 35.5. The van der Waals surface area contributed by atoms with E-state index in [9.17, 15) is 0 Å². The number of rotatable bonds is 2. The van der Waals surface area contributed by atoms with Crippen molar-refractivity contribution in [1.82, 2.24) is 0 Å². The second kappa shape index (κ2) is 3.87. The van der Waals surface area contributed by atoms with Crippen LogP contribution in [0.2, 0.25) is 5.02 Å². The molecule has 1 saturated carbocycles. The zero-order valence-corrected chi connectivity index (χ0v) is 8.87. The molecule has 1 nitrogen and oxygen atoms in total. The first kappa shape index (κ1) is 10.8. The Balaban J connectivity index is 0.000000845. The van der Waals surface area contributed by atoms with Crippen molar-refractivity contribution in [2.45, 2.75) is 24.8 Å². The van der Waals surface area contributed by atoms with Crippen molar-refractivity contribution in [1.29, 1.82) is 0 Å². The van der Waals surface area contributed by atoms with E-state index in [-0.39, 0.29) is 17.9 Å². The fraction of sp³-hybridized carbons (Fsp3) is 0.400. The van der Waals surface area contributed by atoms with Gasteiger partial charge >= 0.3 is 0 Å². The maximum Gasteiger partial charge on any atom is 0.0438 e. The second-order valence-corrected chi connectivity index (χ2v) is 4.04. The number of hydrogen-bond acceptors (Lipinski definition) is 1. The first-order valence-corrected chi connectivity index (χ1v) is 4.60. The molecule has 1 fully saturated rings. The van der Waals surface area contributed by atoms with E-state index in [1.54, 1.807) is 0 Å². The molecular formula is C10H13Cl2N. The number of halogens is 2. The van der Waals surface area contributed by atoms with Crippen molar-refractivity contribution in [3.8, 4) is 0 Å². The van der Waals surface area contributed by atoms with Gasteiger partial charge in [-0.25, -0.2) is 0 Å². The van der Waals surface area contributed by atoms with Gasteiger partial charge in [-0.15, -0.1) is 12.4 Å². The van der Waals surface area contributed by atoms with Crippen LogP contribution >= 0.6 is 24.0 Å². The fourth-order valence-electron chi connectivity index (χ4n) is 1.36. The predicted molar refractivity (Wildman–Crippen MR) is 58.6 cm³/mol. The molecule has 0 amide bonds. The molecular weight excluding hydrogens is 205 g/mol. The van der Waals surface area contributed by atoms with Gasteiger partial charge in [0.1, 0.15) is 0 Å². The van der Waals surface area contributed by atoms with Crippen LogP contribution in [0.4, 0.5) is 0 Å². The molecule has 0 unspecified atom stereocenters. The Kier molecular flexibility index (Phi) is 3.23. The van der Waals surface area contributed by atoms with E-state index in [2.05, 4.69) is 6.07 Å². The number of nitrogens with two attached hydrogens (primary N) is 1. The Morgan fingerprint density at radius 3 is 2.46 bits per heavy atom. The van der Waals surface area contributed by atoms with Crippen molar-refractivity contribution >= 4 is 24.0 Å². The highest BCUT2D eigenvalue weighted by Gasteiger charge is 2.38. The second-order valence-electron chi connectivity index (χ2n) is 3.63. The van der Waals surface area contributed by atoms with Gasteiger partial charge in [-0.1, -0.05) is 29.8 Å². The van der Waals surface area contributed by atoms with E-state index in [4.69, 9.17) is 17.3 Å². The van der Waals surface area contributed by atoms with Gasteiger partial charge in [-0.3, -0.25) is 0 Å². The summed E-state index contributed by atoms with van der Waals surface area (Å²) in [4.78, 5) is 0. The molecule has 0 radical (unpaired) electrons. The normalized spacial score (nSPS) is 17.7. The third-order valence-corrected chi connectivity index (χ3v) is 2.76. The monoisotopic (exact) mass is 217 g/mol. The van der Waals surface area contributed by atoms with Gasteiger partial charge in [-0.05, 0) is 30.9 Å². The zero-order valence-electron chi connectivity index (χ0n) is 7.29. The molecule has 0 saturated heterocycles. The van der Waals surface area contributed by atoms with Gasteiger partial charge in [-0.2, -0.15) is 0 Å². The van der Waals surface area contributed by atoms with Gasteiger partial charge < -0.3 is 5.73 Å². The Hall–Kier alpha value is -0.240. The lowest BCUT2D eigenvalue weighted by Gasteiger charge is -2.09. The summed E-state index contributed by atoms with van der Waals surface area (Å²) in [5, 5.41) is 0.842. The molecule has 0 spiro atoms. The van der Waals surface area contributed by atoms with E-state index in [0.29, 0.717) is 0 Å². The van der Waals surface area contributed by atoms with Crippen LogP contribution in [0.1, 0.15) is 18.4 Å². The third-order valence-electron chi connectivity index (χ3n) is 2.39. The Bertz CT molecular complexity index is 295. The third kappa shape index (κ3) is 2.60. The molecule has 0 aromatic heterocycles. The minimum Gasteiger partial charge on any atom is -0.325 e. The predicted octanol–water partition coefficient (Wildman–Crippen LogP) is 2.80. The first-order chi connectivity index (χ1) is 5.70. The summed E-state index contributed by atoms with van der Waals surface area (Å²) in [5.41, 5.74) is 7.23. The molecule has 0 bridgehead atoms. The highest BCUT2D eigenvalue weighted by molar-refractivity contribution is 6.31. The quantitative estimate of drug-likeness (QED) is 0.811. The Morgan fingerprint density at radius 1 is 1.31 bits per heavy atom. The van der Waals surface area contributed by atoms with Crippen LogP contribution in [-0.4, -0.2) is 5.54 Å². The van der Waals surface area contributed by atoms with Crippen LogP contribution in [0, 0.1) is 0 Å². The van der Waals surface area contributed by atoms with E-state index in [0.717, 1.165) is 24.3 Å².